The second-order valence-electron chi connectivity index (χ2n) is 4.53. The number of aromatic nitrogens is 2. The molecular weight excluding hydrogens is 232 g/mol. The van der Waals surface area contributed by atoms with Crippen molar-refractivity contribution in [1.82, 2.24) is 9.97 Å². The first-order chi connectivity index (χ1) is 9.31. The van der Waals surface area contributed by atoms with E-state index in [-0.39, 0.29) is 0 Å². The minimum atomic E-state index is 0.874. The lowest BCUT2D eigenvalue weighted by Crippen LogP contribution is -1.86. The molecule has 2 heteroatoms. The van der Waals surface area contributed by atoms with Gasteiger partial charge in [0.05, 0.1) is 22.9 Å². The fourth-order valence-electron chi connectivity index (χ4n) is 1.91. The summed E-state index contributed by atoms with van der Waals surface area (Å²) in [6, 6.07) is 16.3. The maximum atomic E-state index is 4.56. The molecule has 3 rings (SSSR count). The van der Waals surface area contributed by atoms with E-state index < -0.39 is 0 Å². The van der Waals surface area contributed by atoms with Crippen molar-refractivity contribution in [2.45, 2.75) is 6.92 Å². The maximum Gasteiger partial charge on any atom is 0.0894 e. The third-order valence-electron chi connectivity index (χ3n) is 2.99. The third-order valence-corrected chi connectivity index (χ3v) is 2.99. The van der Waals surface area contributed by atoms with Crippen LogP contribution in [0.25, 0.3) is 23.2 Å². The largest absolute Gasteiger partial charge is 0.252 e. The van der Waals surface area contributed by atoms with E-state index in [9.17, 15) is 0 Å². The lowest BCUT2D eigenvalue weighted by Gasteiger charge is -1.98. The van der Waals surface area contributed by atoms with Gasteiger partial charge in [0.15, 0.2) is 0 Å². The fraction of sp³-hybridized carbons (Fsp3) is 0.0588. The highest BCUT2D eigenvalue weighted by molar-refractivity contribution is 5.76. The lowest BCUT2D eigenvalue weighted by molar-refractivity contribution is 1.27. The number of fused-ring (bicyclic) bond motifs is 1. The van der Waals surface area contributed by atoms with Gasteiger partial charge in [-0.05, 0) is 30.7 Å². The molecule has 1 heterocycles. The summed E-state index contributed by atoms with van der Waals surface area (Å²) in [5.74, 6) is 0. The molecule has 3 aromatic rings. The molecule has 2 nitrogen and oxygen atoms in total. The van der Waals surface area contributed by atoms with Gasteiger partial charge in [0.25, 0.3) is 0 Å². The SMILES string of the molecule is Cc1ccc(/C=C/c2cnc3ccccc3n2)cc1. The van der Waals surface area contributed by atoms with E-state index in [1.54, 1.807) is 6.20 Å². The molecule has 0 saturated carbocycles. The van der Waals surface area contributed by atoms with Crippen LogP contribution in [0.1, 0.15) is 16.8 Å². The molecule has 0 spiro atoms. The third kappa shape index (κ3) is 2.68. The lowest BCUT2D eigenvalue weighted by atomic mass is 10.1. The first-order valence-corrected chi connectivity index (χ1v) is 6.28. The van der Waals surface area contributed by atoms with Crippen LogP contribution < -0.4 is 0 Å². The number of hydrogen-bond donors (Lipinski definition) is 0. The van der Waals surface area contributed by atoms with Gasteiger partial charge in [-0.1, -0.05) is 48.0 Å². The summed E-state index contributed by atoms with van der Waals surface area (Å²) in [6.45, 7) is 2.09. The van der Waals surface area contributed by atoms with Gasteiger partial charge in [-0.3, -0.25) is 4.98 Å². The van der Waals surface area contributed by atoms with Gasteiger partial charge in [0.2, 0.25) is 0 Å². The average molecular weight is 246 g/mol. The molecule has 0 aliphatic rings. The highest BCUT2D eigenvalue weighted by Gasteiger charge is 1.95. The van der Waals surface area contributed by atoms with Gasteiger partial charge in [-0.25, -0.2) is 4.98 Å². The van der Waals surface area contributed by atoms with Gasteiger partial charge in [0.1, 0.15) is 0 Å². The molecule has 0 fully saturated rings. The number of para-hydroxylation sites is 2. The highest BCUT2D eigenvalue weighted by atomic mass is 14.8. The molecule has 0 unspecified atom stereocenters. The standard InChI is InChI=1S/C17H14N2/c1-13-6-8-14(9-7-13)10-11-15-12-18-16-4-2-3-5-17(16)19-15/h2-12H,1H3/b11-10+. The maximum absolute atomic E-state index is 4.56. The Bertz CT molecular complexity index is 728. The topological polar surface area (TPSA) is 25.8 Å². The van der Waals surface area contributed by atoms with Gasteiger partial charge >= 0.3 is 0 Å². The van der Waals surface area contributed by atoms with Crippen LogP contribution in [0.5, 0.6) is 0 Å². The number of benzene rings is 2. The van der Waals surface area contributed by atoms with Crippen molar-refractivity contribution in [1.29, 1.82) is 0 Å². The number of hydrogen-bond acceptors (Lipinski definition) is 2. The van der Waals surface area contributed by atoms with Crippen molar-refractivity contribution in [3.8, 4) is 0 Å². The van der Waals surface area contributed by atoms with Crippen LogP contribution in [0, 0.1) is 6.92 Å². The Morgan fingerprint density at radius 2 is 1.58 bits per heavy atom. The summed E-state index contributed by atoms with van der Waals surface area (Å²) in [6.07, 6.45) is 5.84. The van der Waals surface area contributed by atoms with Gasteiger partial charge in [0, 0.05) is 0 Å². The monoisotopic (exact) mass is 246 g/mol. The van der Waals surface area contributed by atoms with Crippen molar-refractivity contribution in [2.24, 2.45) is 0 Å². The van der Waals surface area contributed by atoms with Crippen molar-refractivity contribution in [3.63, 3.8) is 0 Å². The van der Waals surface area contributed by atoms with Crippen LogP contribution in [0.2, 0.25) is 0 Å². The Morgan fingerprint density at radius 3 is 2.37 bits per heavy atom. The normalized spacial score (nSPS) is 11.2. The zero-order chi connectivity index (χ0) is 13.1. The zero-order valence-electron chi connectivity index (χ0n) is 10.7. The molecule has 92 valence electrons. The molecule has 0 aliphatic heterocycles. The number of rotatable bonds is 2. The van der Waals surface area contributed by atoms with Crippen molar-refractivity contribution >= 4 is 23.2 Å². The summed E-state index contributed by atoms with van der Waals surface area (Å²) in [5.41, 5.74) is 5.16. The quantitative estimate of drug-likeness (QED) is 0.680. The van der Waals surface area contributed by atoms with E-state index in [0.29, 0.717) is 0 Å². The fourth-order valence-corrected chi connectivity index (χ4v) is 1.91. The Morgan fingerprint density at radius 1 is 0.842 bits per heavy atom. The summed E-state index contributed by atoms with van der Waals surface area (Å²) < 4.78 is 0. The average Bonchev–Trinajstić information content (AvgIpc) is 2.46. The molecule has 0 amide bonds. The number of nitrogens with zero attached hydrogens (tertiary/aromatic N) is 2. The molecule has 0 radical (unpaired) electrons. The predicted molar refractivity (Wildman–Crippen MR) is 79.6 cm³/mol. The van der Waals surface area contributed by atoms with E-state index in [0.717, 1.165) is 16.7 Å². The summed E-state index contributed by atoms with van der Waals surface area (Å²) in [5, 5.41) is 0. The van der Waals surface area contributed by atoms with Crippen LogP contribution >= 0.6 is 0 Å². The van der Waals surface area contributed by atoms with Crippen LogP contribution in [0.4, 0.5) is 0 Å². The first-order valence-electron chi connectivity index (χ1n) is 6.28. The minimum absolute atomic E-state index is 0.874. The molecule has 0 atom stereocenters. The zero-order valence-corrected chi connectivity index (χ0v) is 10.7. The van der Waals surface area contributed by atoms with Crippen molar-refractivity contribution < 1.29 is 0 Å². The van der Waals surface area contributed by atoms with Crippen LogP contribution in [0.3, 0.4) is 0 Å². The Labute approximate surface area is 112 Å². The second-order valence-corrected chi connectivity index (χ2v) is 4.53. The van der Waals surface area contributed by atoms with E-state index >= 15 is 0 Å². The summed E-state index contributed by atoms with van der Waals surface area (Å²) >= 11 is 0. The van der Waals surface area contributed by atoms with E-state index in [4.69, 9.17) is 0 Å². The predicted octanol–water partition coefficient (Wildman–Crippen LogP) is 4.11. The van der Waals surface area contributed by atoms with E-state index in [2.05, 4.69) is 47.2 Å². The molecule has 2 aromatic carbocycles. The smallest absolute Gasteiger partial charge is 0.0894 e. The molecule has 0 N–H and O–H groups in total. The molecule has 19 heavy (non-hydrogen) atoms. The van der Waals surface area contributed by atoms with E-state index in [1.165, 1.54) is 11.1 Å². The van der Waals surface area contributed by atoms with Crippen LogP contribution in [-0.4, -0.2) is 9.97 Å². The molecule has 0 saturated heterocycles. The first kappa shape index (κ1) is 11.6. The van der Waals surface area contributed by atoms with Crippen molar-refractivity contribution in [2.75, 3.05) is 0 Å². The number of aryl methyl sites for hydroxylation is 1. The Hall–Kier alpha value is -2.48. The molecule has 0 aliphatic carbocycles. The van der Waals surface area contributed by atoms with Gasteiger partial charge in [-0.2, -0.15) is 0 Å². The van der Waals surface area contributed by atoms with Gasteiger partial charge in [-0.15, -0.1) is 0 Å². The van der Waals surface area contributed by atoms with Crippen LogP contribution in [0.15, 0.2) is 54.7 Å². The summed E-state index contributed by atoms with van der Waals surface area (Å²) in [4.78, 5) is 8.95. The van der Waals surface area contributed by atoms with Gasteiger partial charge < -0.3 is 0 Å². The molecule has 1 aromatic heterocycles. The summed E-state index contributed by atoms with van der Waals surface area (Å²) in [7, 11) is 0. The molecule has 0 bridgehead atoms. The van der Waals surface area contributed by atoms with Crippen molar-refractivity contribution in [3.05, 3.63) is 71.5 Å². The Balaban J connectivity index is 1.90. The molecular formula is C17H14N2. The second kappa shape index (κ2) is 5.02. The minimum Gasteiger partial charge on any atom is -0.252 e. The van der Waals surface area contributed by atoms with Crippen LogP contribution in [-0.2, 0) is 0 Å². The highest BCUT2D eigenvalue weighted by Crippen LogP contribution is 2.11. The van der Waals surface area contributed by atoms with E-state index in [1.807, 2.05) is 30.3 Å². The Kier molecular flexibility index (Phi) is 3.07.